The molecule has 2 amide bonds. The van der Waals surface area contributed by atoms with Crippen LogP contribution in [0.3, 0.4) is 0 Å². The summed E-state index contributed by atoms with van der Waals surface area (Å²) < 4.78 is 5.38. The van der Waals surface area contributed by atoms with Crippen LogP contribution in [0, 0.1) is 0 Å². The topological polar surface area (TPSA) is 95.9 Å². The summed E-state index contributed by atoms with van der Waals surface area (Å²) in [5, 5.41) is 12.4. The van der Waals surface area contributed by atoms with Gasteiger partial charge in [0, 0.05) is 30.8 Å². The van der Waals surface area contributed by atoms with Gasteiger partial charge in [0.25, 0.3) is 11.8 Å². The molecule has 0 saturated carbocycles. The van der Waals surface area contributed by atoms with Crippen LogP contribution in [0.15, 0.2) is 48.5 Å². The maximum absolute atomic E-state index is 13.1. The molecule has 0 aliphatic carbocycles. The maximum atomic E-state index is 13.1. The Morgan fingerprint density at radius 1 is 1.07 bits per heavy atom. The van der Waals surface area contributed by atoms with Crippen LogP contribution in [0.2, 0.25) is 0 Å². The zero-order chi connectivity index (χ0) is 20.4. The number of carbonyl (C=O) groups is 3. The number of anilines is 1. The number of amides is 2. The van der Waals surface area contributed by atoms with Crippen molar-refractivity contribution in [2.24, 2.45) is 0 Å². The van der Waals surface area contributed by atoms with Gasteiger partial charge in [0.1, 0.15) is 12.1 Å². The van der Waals surface area contributed by atoms with Crippen LogP contribution < -0.4 is 5.32 Å². The molecular weight excluding hydrogens is 372 g/mol. The summed E-state index contributed by atoms with van der Waals surface area (Å²) >= 11 is 0. The molecule has 29 heavy (non-hydrogen) atoms. The molecule has 2 aliphatic heterocycles. The summed E-state index contributed by atoms with van der Waals surface area (Å²) in [6, 6.07) is 13.2. The van der Waals surface area contributed by atoms with E-state index >= 15 is 0 Å². The standard InChI is InChI=1S/C22H22N2O5/c25-20(19-9-4-10-29-19)23-17-8-3-7-15(11-17)21(26)24-13-16-6-2-1-5-14(16)12-18(24)22(27)28/h1-3,5-8,11,18-19H,4,9-10,12-13H2,(H,23,25)(H,27,28). The van der Waals surface area contributed by atoms with E-state index in [1.807, 2.05) is 24.3 Å². The molecule has 2 unspecified atom stereocenters. The molecule has 2 N–H and O–H groups in total. The highest BCUT2D eigenvalue weighted by molar-refractivity contribution is 5.99. The van der Waals surface area contributed by atoms with E-state index in [4.69, 9.17) is 4.74 Å². The van der Waals surface area contributed by atoms with Gasteiger partial charge in [-0.2, -0.15) is 0 Å². The molecule has 2 aromatic rings. The Labute approximate surface area is 168 Å². The van der Waals surface area contributed by atoms with Crippen LogP contribution in [0.5, 0.6) is 0 Å². The lowest BCUT2D eigenvalue weighted by Crippen LogP contribution is -2.48. The van der Waals surface area contributed by atoms with E-state index in [9.17, 15) is 19.5 Å². The summed E-state index contributed by atoms with van der Waals surface area (Å²) in [7, 11) is 0. The molecule has 2 aliphatic rings. The molecule has 2 aromatic carbocycles. The number of hydrogen-bond donors (Lipinski definition) is 2. The average Bonchev–Trinajstić information content (AvgIpc) is 3.27. The number of hydrogen-bond acceptors (Lipinski definition) is 4. The first-order valence-corrected chi connectivity index (χ1v) is 9.66. The van der Waals surface area contributed by atoms with Crippen LogP contribution in [0.4, 0.5) is 5.69 Å². The van der Waals surface area contributed by atoms with Gasteiger partial charge in [-0.25, -0.2) is 4.79 Å². The third kappa shape index (κ3) is 4.00. The number of carboxylic acids is 1. The van der Waals surface area contributed by atoms with Crippen LogP contribution >= 0.6 is 0 Å². The number of fused-ring (bicyclic) bond motifs is 1. The Morgan fingerprint density at radius 2 is 1.86 bits per heavy atom. The van der Waals surface area contributed by atoms with Crippen molar-refractivity contribution in [3.05, 3.63) is 65.2 Å². The number of carbonyl (C=O) groups excluding carboxylic acids is 2. The number of aliphatic carboxylic acids is 1. The molecular formula is C22H22N2O5. The lowest BCUT2D eigenvalue weighted by atomic mass is 9.93. The zero-order valence-corrected chi connectivity index (χ0v) is 15.8. The summed E-state index contributed by atoms with van der Waals surface area (Å²) in [4.78, 5) is 38.6. The molecule has 150 valence electrons. The predicted molar refractivity (Wildman–Crippen MR) is 105 cm³/mol. The molecule has 0 bridgehead atoms. The van der Waals surface area contributed by atoms with Gasteiger partial charge in [0.05, 0.1) is 0 Å². The van der Waals surface area contributed by atoms with E-state index in [2.05, 4.69) is 5.32 Å². The Kier molecular flexibility index (Phi) is 5.31. The molecule has 0 spiro atoms. The van der Waals surface area contributed by atoms with Crippen molar-refractivity contribution in [1.29, 1.82) is 0 Å². The van der Waals surface area contributed by atoms with E-state index in [0.29, 0.717) is 24.3 Å². The second-order valence-electron chi connectivity index (χ2n) is 7.33. The summed E-state index contributed by atoms with van der Waals surface area (Å²) in [6.07, 6.45) is 1.33. The molecule has 2 atom stereocenters. The summed E-state index contributed by atoms with van der Waals surface area (Å²) in [6.45, 7) is 0.808. The first kappa shape index (κ1) is 19.1. The fourth-order valence-corrected chi connectivity index (χ4v) is 3.86. The van der Waals surface area contributed by atoms with Crippen LogP contribution in [0.1, 0.15) is 34.3 Å². The van der Waals surface area contributed by atoms with Crippen molar-refractivity contribution < 1.29 is 24.2 Å². The number of nitrogens with one attached hydrogen (secondary N) is 1. The Bertz CT molecular complexity index is 952. The van der Waals surface area contributed by atoms with Gasteiger partial charge in [-0.1, -0.05) is 30.3 Å². The van der Waals surface area contributed by atoms with Crippen LogP contribution in [-0.2, 0) is 27.3 Å². The van der Waals surface area contributed by atoms with Gasteiger partial charge in [-0.15, -0.1) is 0 Å². The third-order valence-electron chi connectivity index (χ3n) is 5.39. The minimum atomic E-state index is -1.03. The second kappa shape index (κ2) is 8.05. The lowest BCUT2D eigenvalue weighted by Gasteiger charge is -2.34. The van der Waals surface area contributed by atoms with E-state index in [1.165, 1.54) is 4.90 Å². The number of carboxylic acid groups (broad SMARTS) is 1. The maximum Gasteiger partial charge on any atom is 0.326 e. The van der Waals surface area contributed by atoms with Gasteiger partial charge in [0.15, 0.2) is 0 Å². The molecule has 7 nitrogen and oxygen atoms in total. The van der Waals surface area contributed by atoms with Crippen molar-refractivity contribution in [3.8, 4) is 0 Å². The van der Waals surface area contributed by atoms with Crippen molar-refractivity contribution in [1.82, 2.24) is 4.90 Å². The number of benzene rings is 2. The van der Waals surface area contributed by atoms with E-state index < -0.39 is 18.1 Å². The quantitative estimate of drug-likeness (QED) is 0.831. The SMILES string of the molecule is O=C(Nc1cccc(C(=O)N2Cc3ccccc3CC2C(=O)O)c1)C1CCCO1. The Balaban J connectivity index is 1.55. The van der Waals surface area contributed by atoms with Gasteiger partial charge in [-0.05, 0) is 42.2 Å². The Hall–Kier alpha value is -3.19. The fraction of sp³-hybridized carbons (Fsp3) is 0.318. The smallest absolute Gasteiger partial charge is 0.326 e. The van der Waals surface area contributed by atoms with Gasteiger partial charge in [-0.3, -0.25) is 9.59 Å². The first-order chi connectivity index (χ1) is 14.0. The van der Waals surface area contributed by atoms with Crippen LogP contribution in [-0.4, -0.2) is 46.5 Å². The second-order valence-corrected chi connectivity index (χ2v) is 7.33. The molecule has 0 aromatic heterocycles. The zero-order valence-electron chi connectivity index (χ0n) is 15.8. The average molecular weight is 394 g/mol. The largest absolute Gasteiger partial charge is 0.480 e. The van der Waals surface area contributed by atoms with Crippen LogP contribution in [0.25, 0.3) is 0 Å². The fourth-order valence-electron chi connectivity index (χ4n) is 3.86. The lowest BCUT2D eigenvalue weighted by molar-refractivity contribution is -0.142. The van der Waals surface area contributed by atoms with E-state index in [1.54, 1.807) is 24.3 Å². The van der Waals surface area contributed by atoms with Crippen molar-refractivity contribution >= 4 is 23.5 Å². The van der Waals surface area contributed by atoms with E-state index in [0.717, 1.165) is 17.5 Å². The molecule has 0 radical (unpaired) electrons. The van der Waals surface area contributed by atoms with Gasteiger partial charge < -0.3 is 20.1 Å². The van der Waals surface area contributed by atoms with Crippen molar-refractivity contribution in [2.75, 3.05) is 11.9 Å². The molecule has 2 heterocycles. The third-order valence-corrected chi connectivity index (χ3v) is 5.39. The molecule has 1 fully saturated rings. The van der Waals surface area contributed by atoms with Gasteiger partial charge >= 0.3 is 5.97 Å². The van der Waals surface area contributed by atoms with Gasteiger partial charge in [0.2, 0.25) is 0 Å². The molecule has 4 rings (SSSR count). The minimum absolute atomic E-state index is 0.234. The highest BCUT2D eigenvalue weighted by Gasteiger charge is 2.35. The number of rotatable bonds is 4. The van der Waals surface area contributed by atoms with Crippen molar-refractivity contribution in [2.45, 2.75) is 38.0 Å². The molecule has 7 heteroatoms. The van der Waals surface area contributed by atoms with Crippen molar-refractivity contribution in [3.63, 3.8) is 0 Å². The summed E-state index contributed by atoms with van der Waals surface area (Å²) in [5.41, 5.74) is 2.71. The number of nitrogens with zero attached hydrogens (tertiary/aromatic N) is 1. The Morgan fingerprint density at radius 3 is 2.59 bits per heavy atom. The molecule has 1 saturated heterocycles. The number of ether oxygens (including phenoxy) is 1. The first-order valence-electron chi connectivity index (χ1n) is 9.66. The monoisotopic (exact) mass is 394 g/mol. The normalized spacial score (nSPS) is 20.8. The summed E-state index contributed by atoms with van der Waals surface area (Å²) in [5.74, 6) is -1.64. The highest BCUT2D eigenvalue weighted by atomic mass is 16.5. The van der Waals surface area contributed by atoms with E-state index in [-0.39, 0.29) is 24.8 Å². The highest BCUT2D eigenvalue weighted by Crippen LogP contribution is 2.26. The minimum Gasteiger partial charge on any atom is -0.480 e. The predicted octanol–water partition coefficient (Wildman–Crippen LogP) is 2.46.